The predicted molar refractivity (Wildman–Crippen MR) is 102 cm³/mol. The number of ether oxygens (including phenoxy) is 2. The van der Waals surface area contributed by atoms with Crippen molar-refractivity contribution in [1.29, 1.82) is 0 Å². The molecule has 148 valence electrons. The van der Waals surface area contributed by atoms with Crippen LogP contribution in [0.5, 0.6) is 5.88 Å². The lowest BCUT2D eigenvalue weighted by Crippen LogP contribution is -2.22. The van der Waals surface area contributed by atoms with E-state index in [0.29, 0.717) is 29.5 Å². The minimum absolute atomic E-state index is 0.152. The second kappa shape index (κ2) is 6.88. The molecule has 0 N–H and O–H groups in total. The fourth-order valence-corrected chi connectivity index (χ4v) is 3.91. The SMILES string of the molecule is CCOC(=O)c1cnn(-c2nc(OC)c3c(cnn3C3CCCC3(C)C)n2)c1. The van der Waals surface area contributed by atoms with Gasteiger partial charge in [0.2, 0.25) is 5.88 Å². The Labute approximate surface area is 162 Å². The molecule has 3 aromatic heterocycles. The molecular weight excluding hydrogens is 360 g/mol. The maximum absolute atomic E-state index is 11.9. The molecule has 0 saturated heterocycles. The summed E-state index contributed by atoms with van der Waals surface area (Å²) in [6.45, 7) is 6.59. The molecule has 9 heteroatoms. The van der Waals surface area contributed by atoms with Crippen molar-refractivity contribution in [3.05, 3.63) is 24.2 Å². The van der Waals surface area contributed by atoms with Gasteiger partial charge in [-0.15, -0.1) is 0 Å². The molecule has 0 aromatic carbocycles. The van der Waals surface area contributed by atoms with Gasteiger partial charge in [-0.1, -0.05) is 20.3 Å². The Morgan fingerprint density at radius 3 is 2.79 bits per heavy atom. The number of esters is 1. The van der Waals surface area contributed by atoms with Crippen LogP contribution >= 0.6 is 0 Å². The first-order chi connectivity index (χ1) is 13.4. The lowest BCUT2D eigenvalue weighted by atomic mass is 9.87. The highest BCUT2D eigenvalue weighted by atomic mass is 16.5. The van der Waals surface area contributed by atoms with Gasteiger partial charge in [-0.05, 0) is 25.2 Å². The van der Waals surface area contributed by atoms with Gasteiger partial charge in [0.05, 0.1) is 37.7 Å². The molecule has 1 saturated carbocycles. The van der Waals surface area contributed by atoms with Crippen molar-refractivity contribution in [3.8, 4) is 11.8 Å². The molecule has 0 spiro atoms. The Morgan fingerprint density at radius 1 is 1.29 bits per heavy atom. The van der Waals surface area contributed by atoms with Crippen LogP contribution in [0.3, 0.4) is 0 Å². The number of hydrogen-bond acceptors (Lipinski definition) is 7. The first kappa shape index (κ1) is 18.4. The molecule has 1 fully saturated rings. The summed E-state index contributed by atoms with van der Waals surface area (Å²) in [4.78, 5) is 21.0. The third-order valence-electron chi connectivity index (χ3n) is 5.39. The van der Waals surface area contributed by atoms with Crippen LogP contribution in [0.25, 0.3) is 17.0 Å². The van der Waals surface area contributed by atoms with Crippen LogP contribution < -0.4 is 4.74 Å². The number of aromatic nitrogens is 6. The second-order valence-electron chi connectivity index (χ2n) is 7.65. The van der Waals surface area contributed by atoms with E-state index in [9.17, 15) is 4.79 Å². The number of carbonyl (C=O) groups excluding carboxylic acids is 1. The summed E-state index contributed by atoms with van der Waals surface area (Å²) in [6.07, 6.45) is 8.10. The van der Waals surface area contributed by atoms with Crippen molar-refractivity contribution >= 4 is 17.0 Å². The number of hydrogen-bond donors (Lipinski definition) is 0. The van der Waals surface area contributed by atoms with Crippen molar-refractivity contribution in [2.45, 2.75) is 46.1 Å². The van der Waals surface area contributed by atoms with Gasteiger partial charge in [0.15, 0.2) is 0 Å². The molecule has 1 aliphatic rings. The summed E-state index contributed by atoms with van der Waals surface area (Å²) in [6, 6.07) is 0.272. The van der Waals surface area contributed by atoms with Gasteiger partial charge in [0.25, 0.3) is 5.95 Å². The van der Waals surface area contributed by atoms with E-state index in [2.05, 4.69) is 34.0 Å². The topological polar surface area (TPSA) is 97.0 Å². The van der Waals surface area contributed by atoms with E-state index in [1.165, 1.54) is 17.3 Å². The monoisotopic (exact) mass is 384 g/mol. The van der Waals surface area contributed by atoms with Gasteiger partial charge in [-0.25, -0.2) is 14.5 Å². The van der Waals surface area contributed by atoms with Crippen LogP contribution in [0.1, 0.15) is 56.4 Å². The Balaban J connectivity index is 1.76. The largest absolute Gasteiger partial charge is 0.479 e. The Kier molecular flexibility index (Phi) is 4.52. The number of fused-ring (bicyclic) bond motifs is 1. The van der Waals surface area contributed by atoms with Gasteiger partial charge in [-0.3, -0.25) is 4.68 Å². The maximum Gasteiger partial charge on any atom is 0.341 e. The molecule has 1 atom stereocenters. The molecule has 4 rings (SSSR count). The van der Waals surface area contributed by atoms with Crippen molar-refractivity contribution in [1.82, 2.24) is 29.5 Å². The third-order valence-corrected chi connectivity index (χ3v) is 5.39. The number of methoxy groups -OCH3 is 1. The molecule has 9 nitrogen and oxygen atoms in total. The van der Waals surface area contributed by atoms with Crippen LogP contribution in [0, 0.1) is 5.41 Å². The molecule has 0 aliphatic heterocycles. The summed E-state index contributed by atoms with van der Waals surface area (Å²) in [5, 5.41) is 8.79. The zero-order chi connectivity index (χ0) is 19.9. The highest BCUT2D eigenvalue weighted by Gasteiger charge is 2.37. The molecule has 3 aromatic rings. The maximum atomic E-state index is 11.9. The van der Waals surface area contributed by atoms with Gasteiger partial charge in [0, 0.05) is 6.20 Å². The average molecular weight is 384 g/mol. The van der Waals surface area contributed by atoms with E-state index >= 15 is 0 Å². The molecule has 1 aliphatic carbocycles. The Bertz CT molecular complexity index is 1020. The van der Waals surface area contributed by atoms with E-state index in [1.807, 2.05) is 4.68 Å². The Hall–Kier alpha value is -2.97. The van der Waals surface area contributed by atoms with Crippen LogP contribution in [0.15, 0.2) is 18.6 Å². The molecule has 1 unspecified atom stereocenters. The van der Waals surface area contributed by atoms with E-state index in [0.717, 1.165) is 18.4 Å². The summed E-state index contributed by atoms with van der Waals surface area (Å²) in [5.41, 5.74) is 1.95. The third kappa shape index (κ3) is 3.00. The molecular formula is C19H24N6O3. The van der Waals surface area contributed by atoms with Gasteiger partial charge < -0.3 is 9.47 Å². The standard InChI is InChI=1S/C19H24N6O3/c1-5-28-17(26)12-9-20-24(11-12)18-22-13-10-21-25(15(13)16(23-18)27-4)14-7-6-8-19(14,2)3/h9-11,14H,5-8H2,1-4H3. The van der Waals surface area contributed by atoms with Crippen LogP contribution in [-0.2, 0) is 4.74 Å². The summed E-state index contributed by atoms with van der Waals surface area (Å²) < 4.78 is 14.0. The Morgan fingerprint density at radius 2 is 2.11 bits per heavy atom. The van der Waals surface area contributed by atoms with Crippen LogP contribution in [-0.4, -0.2) is 49.2 Å². The van der Waals surface area contributed by atoms with E-state index in [1.54, 1.807) is 26.4 Å². The number of carbonyl (C=O) groups is 1. The zero-order valence-electron chi connectivity index (χ0n) is 16.5. The van der Waals surface area contributed by atoms with Crippen molar-refractivity contribution in [2.75, 3.05) is 13.7 Å². The molecule has 0 amide bonds. The van der Waals surface area contributed by atoms with Gasteiger partial charge >= 0.3 is 5.97 Å². The van der Waals surface area contributed by atoms with Crippen LogP contribution in [0.2, 0.25) is 0 Å². The number of nitrogens with zero attached hydrogens (tertiary/aromatic N) is 6. The van der Waals surface area contributed by atoms with E-state index in [-0.39, 0.29) is 11.5 Å². The summed E-state index contributed by atoms with van der Waals surface area (Å²) in [5.74, 6) is 0.316. The fraction of sp³-hybridized carbons (Fsp3) is 0.526. The second-order valence-corrected chi connectivity index (χ2v) is 7.65. The molecule has 0 radical (unpaired) electrons. The zero-order valence-corrected chi connectivity index (χ0v) is 16.5. The highest BCUT2D eigenvalue weighted by molar-refractivity contribution is 5.88. The predicted octanol–water partition coefficient (Wildman–Crippen LogP) is 2.95. The average Bonchev–Trinajstić information content (AvgIpc) is 3.38. The lowest BCUT2D eigenvalue weighted by molar-refractivity contribution is 0.0526. The smallest absolute Gasteiger partial charge is 0.341 e. The fourth-order valence-electron chi connectivity index (χ4n) is 3.91. The summed E-state index contributed by atoms with van der Waals surface area (Å²) in [7, 11) is 1.58. The number of rotatable bonds is 5. The first-order valence-electron chi connectivity index (χ1n) is 9.46. The van der Waals surface area contributed by atoms with Crippen molar-refractivity contribution in [3.63, 3.8) is 0 Å². The lowest BCUT2D eigenvalue weighted by Gasteiger charge is -2.27. The first-order valence-corrected chi connectivity index (χ1v) is 9.46. The molecule has 3 heterocycles. The van der Waals surface area contributed by atoms with Crippen molar-refractivity contribution in [2.24, 2.45) is 5.41 Å². The quantitative estimate of drug-likeness (QED) is 0.624. The van der Waals surface area contributed by atoms with Gasteiger partial charge in [0.1, 0.15) is 11.0 Å². The molecule has 28 heavy (non-hydrogen) atoms. The van der Waals surface area contributed by atoms with Crippen molar-refractivity contribution < 1.29 is 14.3 Å². The van der Waals surface area contributed by atoms with Gasteiger partial charge in [-0.2, -0.15) is 15.2 Å². The van der Waals surface area contributed by atoms with E-state index in [4.69, 9.17) is 9.47 Å². The highest BCUT2D eigenvalue weighted by Crippen LogP contribution is 2.47. The molecule has 0 bridgehead atoms. The summed E-state index contributed by atoms with van der Waals surface area (Å²) >= 11 is 0. The normalized spacial score (nSPS) is 18.5. The minimum Gasteiger partial charge on any atom is -0.479 e. The minimum atomic E-state index is -0.432. The van der Waals surface area contributed by atoms with E-state index < -0.39 is 5.97 Å². The van der Waals surface area contributed by atoms with Crippen LogP contribution in [0.4, 0.5) is 0 Å².